The number of carbonyl (C=O) groups excluding carboxylic acids is 3. The summed E-state index contributed by atoms with van der Waals surface area (Å²) in [6.07, 6.45) is 0.395. The van der Waals surface area contributed by atoms with Crippen LogP contribution in [0.2, 0.25) is 0 Å². The highest BCUT2D eigenvalue weighted by atomic mass is 16.6. The predicted molar refractivity (Wildman–Crippen MR) is 114 cm³/mol. The van der Waals surface area contributed by atoms with Crippen LogP contribution in [0.1, 0.15) is 42.3 Å². The first kappa shape index (κ1) is 21.4. The molecule has 0 aliphatic carbocycles. The molecule has 0 saturated heterocycles. The van der Waals surface area contributed by atoms with E-state index in [4.69, 9.17) is 4.74 Å². The Morgan fingerprint density at radius 3 is 2.57 bits per heavy atom. The third-order valence-electron chi connectivity index (χ3n) is 4.59. The van der Waals surface area contributed by atoms with Gasteiger partial charge in [0.15, 0.2) is 0 Å². The van der Waals surface area contributed by atoms with Gasteiger partial charge in [-0.3, -0.25) is 9.59 Å². The number of ether oxygens (including phenoxy) is 1. The maximum atomic E-state index is 13.0. The Hall–Kier alpha value is -3.35. The monoisotopic (exact) mass is 409 g/mol. The molecule has 3 amide bonds. The van der Waals surface area contributed by atoms with Crippen molar-refractivity contribution in [3.63, 3.8) is 0 Å². The number of hydrogen-bond donors (Lipinski definition) is 3. The van der Waals surface area contributed by atoms with Crippen molar-refractivity contribution in [2.24, 2.45) is 0 Å². The Bertz CT molecular complexity index is 935. The fourth-order valence-corrected chi connectivity index (χ4v) is 3.23. The molecule has 30 heavy (non-hydrogen) atoms. The quantitative estimate of drug-likeness (QED) is 0.707. The Labute approximate surface area is 176 Å². The highest BCUT2D eigenvalue weighted by molar-refractivity contribution is 6.00. The summed E-state index contributed by atoms with van der Waals surface area (Å²) in [4.78, 5) is 37.3. The first-order valence-corrected chi connectivity index (χ1v) is 9.97. The van der Waals surface area contributed by atoms with Crippen molar-refractivity contribution in [3.8, 4) is 0 Å². The molecule has 1 aliphatic heterocycles. The minimum absolute atomic E-state index is 0.153. The van der Waals surface area contributed by atoms with E-state index in [1.54, 1.807) is 32.9 Å². The van der Waals surface area contributed by atoms with Crippen LogP contribution in [0.5, 0.6) is 0 Å². The van der Waals surface area contributed by atoms with Crippen LogP contribution in [-0.4, -0.2) is 36.1 Å². The molecule has 0 bridgehead atoms. The average Bonchev–Trinajstić information content (AvgIpc) is 2.67. The number of benzene rings is 2. The minimum Gasteiger partial charge on any atom is -0.444 e. The number of anilines is 1. The molecule has 0 aromatic heterocycles. The molecular weight excluding hydrogens is 382 g/mol. The molecule has 0 unspecified atom stereocenters. The summed E-state index contributed by atoms with van der Waals surface area (Å²) in [5.41, 5.74) is 2.23. The summed E-state index contributed by atoms with van der Waals surface area (Å²) in [6.45, 7) is 5.89. The molecule has 2 aromatic rings. The second-order valence-corrected chi connectivity index (χ2v) is 8.26. The predicted octanol–water partition coefficient (Wildman–Crippen LogP) is 3.05. The van der Waals surface area contributed by atoms with Gasteiger partial charge in [-0.25, -0.2) is 4.79 Å². The van der Waals surface area contributed by atoms with Gasteiger partial charge in [0.05, 0.1) is 0 Å². The molecule has 0 saturated carbocycles. The Morgan fingerprint density at radius 2 is 1.87 bits per heavy atom. The van der Waals surface area contributed by atoms with Crippen molar-refractivity contribution in [1.29, 1.82) is 0 Å². The number of hydrogen-bond acceptors (Lipinski definition) is 4. The van der Waals surface area contributed by atoms with E-state index < -0.39 is 17.7 Å². The van der Waals surface area contributed by atoms with E-state index >= 15 is 0 Å². The van der Waals surface area contributed by atoms with Crippen LogP contribution in [0.4, 0.5) is 10.5 Å². The van der Waals surface area contributed by atoms with Crippen LogP contribution in [-0.2, 0) is 22.4 Å². The first-order valence-electron chi connectivity index (χ1n) is 9.97. The lowest BCUT2D eigenvalue weighted by atomic mass is 9.99. The second kappa shape index (κ2) is 8.98. The molecule has 3 rings (SSSR count). The van der Waals surface area contributed by atoms with Crippen molar-refractivity contribution in [3.05, 3.63) is 65.2 Å². The van der Waals surface area contributed by atoms with E-state index in [-0.39, 0.29) is 11.8 Å². The van der Waals surface area contributed by atoms with E-state index in [1.807, 2.05) is 36.4 Å². The van der Waals surface area contributed by atoms with Gasteiger partial charge in [-0.05, 0) is 50.5 Å². The van der Waals surface area contributed by atoms with E-state index in [9.17, 15) is 14.4 Å². The van der Waals surface area contributed by atoms with Gasteiger partial charge in [-0.15, -0.1) is 0 Å². The van der Waals surface area contributed by atoms with Crippen LogP contribution >= 0.6 is 0 Å². The van der Waals surface area contributed by atoms with Crippen LogP contribution in [0.3, 0.4) is 0 Å². The third kappa shape index (κ3) is 5.83. The lowest BCUT2D eigenvalue weighted by Gasteiger charge is -2.24. The average molecular weight is 409 g/mol. The van der Waals surface area contributed by atoms with E-state index in [1.165, 1.54) is 0 Å². The minimum atomic E-state index is -0.841. The van der Waals surface area contributed by atoms with Crippen LogP contribution in [0.25, 0.3) is 0 Å². The molecule has 1 aliphatic rings. The van der Waals surface area contributed by atoms with Gasteiger partial charge in [-0.1, -0.05) is 36.4 Å². The number of rotatable bonds is 5. The second-order valence-electron chi connectivity index (χ2n) is 8.26. The normalized spacial score (nSPS) is 14.2. The Balaban J connectivity index is 1.76. The number of alkyl carbamates (subject to hydrolysis) is 1. The van der Waals surface area contributed by atoms with Gasteiger partial charge in [-0.2, -0.15) is 0 Å². The molecule has 7 heteroatoms. The molecule has 158 valence electrons. The highest BCUT2D eigenvalue weighted by Gasteiger charge is 2.25. The van der Waals surface area contributed by atoms with Crippen LogP contribution < -0.4 is 16.0 Å². The van der Waals surface area contributed by atoms with Crippen molar-refractivity contribution in [2.45, 2.75) is 45.3 Å². The maximum Gasteiger partial charge on any atom is 0.408 e. The fourth-order valence-electron chi connectivity index (χ4n) is 3.23. The molecule has 0 radical (unpaired) electrons. The molecule has 1 heterocycles. The van der Waals surface area contributed by atoms with Gasteiger partial charge < -0.3 is 20.7 Å². The first-order chi connectivity index (χ1) is 14.2. The van der Waals surface area contributed by atoms with Crippen molar-refractivity contribution < 1.29 is 19.1 Å². The number of amides is 3. The summed E-state index contributed by atoms with van der Waals surface area (Å²) in [5.74, 6) is -0.541. The van der Waals surface area contributed by atoms with Gasteiger partial charge in [0, 0.05) is 24.2 Å². The van der Waals surface area contributed by atoms with E-state index in [0.717, 1.165) is 17.5 Å². The van der Waals surface area contributed by atoms with Crippen LogP contribution in [0, 0.1) is 0 Å². The zero-order valence-corrected chi connectivity index (χ0v) is 17.5. The van der Waals surface area contributed by atoms with Crippen LogP contribution in [0.15, 0.2) is 48.5 Å². The third-order valence-corrected chi connectivity index (χ3v) is 4.59. The SMILES string of the molecule is CC(C)(C)OC(=O)N[C@@H](Cc1ccccc1)C(=O)Nc1ccc2c(c1)C(=O)NCC2. The number of nitrogens with one attached hydrogen (secondary N) is 3. The summed E-state index contributed by atoms with van der Waals surface area (Å²) in [6, 6.07) is 13.8. The summed E-state index contributed by atoms with van der Waals surface area (Å²) in [7, 11) is 0. The fraction of sp³-hybridized carbons (Fsp3) is 0.348. The molecule has 0 fully saturated rings. The smallest absolute Gasteiger partial charge is 0.408 e. The van der Waals surface area contributed by atoms with Gasteiger partial charge in [0.2, 0.25) is 5.91 Å². The van der Waals surface area contributed by atoms with Crippen molar-refractivity contribution >= 4 is 23.6 Å². The molecule has 0 spiro atoms. The number of carbonyl (C=O) groups is 3. The van der Waals surface area contributed by atoms with E-state index in [2.05, 4.69) is 16.0 Å². The zero-order valence-electron chi connectivity index (χ0n) is 17.5. The molecule has 2 aromatic carbocycles. The largest absolute Gasteiger partial charge is 0.444 e. The Kier molecular flexibility index (Phi) is 6.40. The standard InChI is InChI=1S/C23H27N3O4/c1-23(2,3)30-22(29)26-19(13-15-7-5-4-6-8-15)21(28)25-17-10-9-16-11-12-24-20(27)18(16)14-17/h4-10,14,19H,11-13H2,1-3H3,(H,24,27)(H,25,28)(H,26,29)/t19-/m0/s1. The Morgan fingerprint density at radius 1 is 1.13 bits per heavy atom. The summed E-state index contributed by atoms with van der Waals surface area (Å²) < 4.78 is 5.31. The molecule has 7 nitrogen and oxygen atoms in total. The molecular formula is C23H27N3O4. The van der Waals surface area contributed by atoms with Gasteiger partial charge in [0.25, 0.3) is 5.91 Å². The molecule has 3 N–H and O–H groups in total. The van der Waals surface area contributed by atoms with Gasteiger partial charge in [0.1, 0.15) is 11.6 Å². The van der Waals surface area contributed by atoms with Crippen molar-refractivity contribution in [1.82, 2.24) is 10.6 Å². The summed E-state index contributed by atoms with van der Waals surface area (Å²) in [5, 5.41) is 8.27. The van der Waals surface area contributed by atoms with E-state index in [0.29, 0.717) is 24.2 Å². The number of fused-ring (bicyclic) bond motifs is 1. The topological polar surface area (TPSA) is 96.5 Å². The zero-order chi connectivity index (χ0) is 21.7. The lowest BCUT2D eigenvalue weighted by molar-refractivity contribution is -0.118. The summed E-state index contributed by atoms with van der Waals surface area (Å²) >= 11 is 0. The van der Waals surface area contributed by atoms with Crippen molar-refractivity contribution in [2.75, 3.05) is 11.9 Å². The maximum absolute atomic E-state index is 13.0. The van der Waals surface area contributed by atoms with Gasteiger partial charge >= 0.3 is 6.09 Å². The lowest BCUT2D eigenvalue weighted by Crippen LogP contribution is -2.47. The molecule has 1 atom stereocenters. The highest BCUT2D eigenvalue weighted by Crippen LogP contribution is 2.19.